The van der Waals surface area contributed by atoms with Gasteiger partial charge in [0, 0.05) is 58.5 Å². The highest BCUT2D eigenvalue weighted by Gasteiger charge is 2.53. The molecule has 2 bridgehead atoms. The van der Waals surface area contributed by atoms with Gasteiger partial charge in [-0.25, -0.2) is 9.36 Å². The Kier molecular flexibility index (Phi) is 22.2. The zero-order valence-corrected chi connectivity index (χ0v) is 42.3. The van der Waals surface area contributed by atoms with Crippen LogP contribution in [0.3, 0.4) is 0 Å². The van der Waals surface area contributed by atoms with Crippen LogP contribution in [-0.4, -0.2) is 137 Å². The smallest absolute Gasteiger partial charge is 0.460 e. The number of cyclic esters (lactones) is 1. The van der Waals surface area contributed by atoms with E-state index in [1.165, 1.54) is 14.2 Å². The third-order valence-electron chi connectivity index (χ3n) is 14.5. The molecule has 1 aliphatic carbocycles. The Morgan fingerprint density at radius 2 is 1.59 bits per heavy atom. The van der Waals surface area contributed by atoms with Crippen molar-refractivity contribution >= 4 is 37.0 Å². The molecule has 0 spiro atoms. The molecule has 1 unspecified atom stereocenters. The Morgan fingerprint density at radius 1 is 0.868 bits per heavy atom. The maximum absolute atomic E-state index is 14.4. The van der Waals surface area contributed by atoms with E-state index in [-0.39, 0.29) is 36.9 Å². The van der Waals surface area contributed by atoms with Crippen molar-refractivity contribution in [3.8, 4) is 0 Å². The number of nitrogens with zero attached hydrogens (tertiary/aromatic N) is 1. The Bertz CT molecular complexity index is 1910. The van der Waals surface area contributed by atoms with Gasteiger partial charge in [0.2, 0.25) is 5.79 Å². The predicted octanol–water partition coefficient (Wildman–Crippen LogP) is 6.05. The molecule has 4 aliphatic rings. The van der Waals surface area contributed by atoms with Crippen LogP contribution in [0.2, 0.25) is 0 Å². The lowest BCUT2D eigenvalue weighted by Crippen LogP contribution is -2.61. The summed E-state index contributed by atoms with van der Waals surface area (Å²) in [4.78, 5) is 90.7. The van der Waals surface area contributed by atoms with Crippen LogP contribution < -0.4 is 0 Å². The number of fused-ring (bicyclic) bond motifs is 3. The maximum atomic E-state index is 14.4. The summed E-state index contributed by atoms with van der Waals surface area (Å²) in [6.45, 7) is 10.5. The number of phosphoric acid groups is 1. The second-order valence-corrected chi connectivity index (χ2v) is 20.8. The third-order valence-corrected chi connectivity index (χ3v) is 15.0. The fourth-order valence-corrected chi connectivity index (χ4v) is 10.6. The van der Waals surface area contributed by atoms with Crippen molar-refractivity contribution in [2.75, 3.05) is 27.9 Å². The minimum Gasteiger partial charge on any atom is -0.460 e. The monoisotopic (exact) mass is 980 g/mol. The molecule has 0 aromatic heterocycles. The van der Waals surface area contributed by atoms with Gasteiger partial charge < -0.3 is 48.6 Å². The Hall–Kier alpha value is -3.22. The number of hydrogen-bond donors (Lipinski definition) is 4. The quantitative estimate of drug-likeness (QED) is 0.0936. The van der Waals surface area contributed by atoms with Gasteiger partial charge in [-0.15, -0.1) is 0 Å². The first kappa shape index (κ1) is 57.4. The van der Waals surface area contributed by atoms with E-state index in [9.17, 15) is 48.5 Å². The van der Waals surface area contributed by atoms with Crippen molar-refractivity contribution in [3.05, 3.63) is 47.6 Å². The average molecular weight is 980 g/mol. The molecule has 0 aromatic rings. The van der Waals surface area contributed by atoms with Crippen LogP contribution in [0.15, 0.2) is 47.6 Å². The van der Waals surface area contributed by atoms with Gasteiger partial charge in [-0.2, -0.15) is 0 Å². The number of allylic oxidation sites excluding steroid dienone is 6. The van der Waals surface area contributed by atoms with Gasteiger partial charge >= 0.3 is 13.8 Å². The van der Waals surface area contributed by atoms with E-state index in [2.05, 4.69) is 0 Å². The number of carbonyl (C=O) groups excluding carboxylic acids is 5. The molecule has 3 aliphatic heterocycles. The number of carbonyl (C=O) groups is 5. The van der Waals surface area contributed by atoms with Crippen LogP contribution in [0, 0.1) is 29.6 Å². The molecule has 1 saturated carbocycles. The van der Waals surface area contributed by atoms with Crippen molar-refractivity contribution in [3.63, 3.8) is 0 Å². The summed E-state index contributed by atoms with van der Waals surface area (Å²) in [7, 11) is -0.445. The highest BCUT2D eigenvalue weighted by atomic mass is 31.2. The van der Waals surface area contributed by atoms with Crippen molar-refractivity contribution in [2.45, 2.75) is 180 Å². The van der Waals surface area contributed by atoms with Crippen LogP contribution in [0.25, 0.3) is 0 Å². The maximum Gasteiger partial charge on any atom is 0.469 e. The lowest BCUT2D eigenvalue weighted by molar-refractivity contribution is -0.265. The van der Waals surface area contributed by atoms with Crippen LogP contribution in [-0.2, 0) is 56.7 Å². The molecule has 4 N–H and O–H groups in total. The van der Waals surface area contributed by atoms with Gasteiger partial charge in [0.05, 0.1) is 24.4 Å². The van der Waals surface area contributed by atoms with Gasteiger partial charge in [0.1, 0.15) is 30.1 Å². The first-order valence-electron chi connectivity index (χ1n) is 24.3. The van der Waals surface area contributed by atoms with Crippen molar-refractivity contribution in [1.82, 2.24) is 4.90 Å². The number of rotatable bonds is 8. The van der Waals surface area contributed by atoms with E-state index in [1.54, 1.807) is 40.9 Å². The molecule has 3 heterocycles. The zero-order valence-electron chi connectivity index (χ0n) is 41.5. The van der Waals surface area contributed by atoms with Crippen molar-refractivity contribution in [2.24, 2.45) is 29.6 Å². The molecule has 0 radical (unpaired) electrons. The Balaban J connectivity index is 1.69. The normalized spacial score (nSPS) is 38.3. The molecule has 384 valence electrons. The average Bonchev–Trinajstić information content (AvgIpc) is 3.30. The standard InChI is InChI=1S/C50H78NO16P/c1-30-17-13-11-10-12-14-18-31(2)44(53)46(64-9)45(54)34(5)25-32(3)39(52)29-42(33(4)26-36-21-23-40(43(27-36)63-8)67-68(59,60)61)65-49(57)38-19-15-16-24-51(38)48(56)47(55)50(58)35(6)20-22-37(66-50)28-41(30)62-7/h10-13,17,25,31-33,35-38,40-43,45-46,54,58H,14-16,18-24,26-29H2,1-9H3,(H2,59,60,61)/b12-10+,13-11+,30-17+,34-25+/t31-,32-,33-,35-,36+,37+,38+,40?,41+,42+,43-,45-,46+,50-/m1/s1. The van der Waals surface area contributed by atoms with Crippen molar-refractivity contribution in [1.29, 1.82) is 0 Å². The summed E-state index contributed by atoms with van der Waals surface area (Å²) in [5, 5.41) is 23.3. The van der Waals surface area contributed by atoms with Gasteiger partial charge in [0.15, 0.2) is 5.78 Å². The van der Waals surface area contributed by atoms with Crippen LogP contribution in [0.5, 0.6) is 0 Å². The summed E-state index contributed by atoms with van der Waals surface area (Å²) in [5.41, 5.74) is 1.21. The highest BCUT2D eigenvalue weighted by Crippen LogP contribution is 2.44. The van der Waals surface area contributed by atoms with Gasteiger partial charge in [-0.1, -0.05) is 64.2 Å². The fourth-order valence-electron chi connectivity index (χ4n) is 10.1. The van der Waals surface area contributed by atoms with E-state index in [4.69, 9.17) is 28.2 Å². The van der Waals surface area contributed by atoms with Crippen molar-refractivity contribution < 1.29 is 76.7 Å². The number of esters is 1. The summed E-state index contributed by atoms with van der Waals surface area (Å²) >= 11 is 0. The molecule has 3 fully saturated rings. The van der Waals surface area contributed by atoms with Gasteiger partial charge in [-0.05, 0) is 107 Å². The lowest BCUT2D eigenvalue weighted by Gasteiger charge is -2.42. The number of ether oxygens (including phenoxy) is 5. The van der Waals surface area contributed by atoms with Gasteiger partial charge in [-0.3, -0.25) is 23.7 Å². The summed E-state index contributed by atoms with van der Waals surface area (Å²) in [6.07, 6.45) is 9.67. The van der Waals surface area contributed by atoms with E-state index < -0.39 is 104 Å². The highest BCUT2D eigenvalue weighted by molar-refractivity contribution is 7.46. The molecular formula is C50H78NO16P. The minimum atomic E-state index is -4.79. The van der Waals surface area contributed by atoms with E-state index >= 15 is 0 Å². The van der Waals surface area contributed by atoms with Gasteiger partial charge in [0.25, 0.3) is 11.7 Å². The largest absolute Gasteiger partial charge is 0.469 e. The number of amides is 1. The van der Waals surface area contributed by atoms with E-state index in [0.29, 0.717) is 76.2 Å². The van der Waals surface area contributed by atoms with E-state index in [1.807, 2.05) is 44.2 Å². The number of aliphatic hydroxyl groups is 2. The fraction of sp³-hybridized carbons (Fsp3) is 0.740. The van der Waals surface area contributed by atoms with Crippen LogP contribution in [0.1, 0.15) is 125 Å². The second kappa shape index (κ2) is 26.3. The minimum absolute atomic E-state index is 0.0430. The number of aliphatic hydroxyl groups excluding tert-OH is 1. The summed E-state index contributed by atoms with van der Waals surface area (Å²) in [5.74, 6) is -8.66. The Morgan fingerprint density at radius 3 is 2.25 bits per heavy atom. The third kappa shape index (κ3) is 15.6. The topological polar surface area (TPSA) is 242 Å². The predicted molar refractivity (Wildman–Crippen MR) is 252 cm³/mol. The molecule has 1 amide bonds. The SMILES string of the molecule is CO[C@H]1C[C@@H]2CC[C@@H](C)[C@@](O)(O2)C(=O)C(=O)N2CCCC[C@H]2C(=O)O[C@H]([C@H](C)C[C@@H]2CCC(OP(=O)(O)O)[C@H](OC)C2)CC(=O)[C@H](C)/C=C(\C)[C@@H](O)[C@@H](OC)C(=O)[C@H](C)CC/C=C/C=C/C=C/1C. The number of Topliss-reactive ketones (excluding diaryl/α,β-unsaturated/α-hetero) is 3. The summed E-state index contributed by atoms with van der Waals surface area (Å²) < 4.78 is 46.0. The van der Waals surface area contributed by atoms with Crippen LogP contribution >= 0.6 is 7.82 Å². The molecule has 68 heavy (non-hydrogen) atoms. The number of hydrogen-bond acceptors (Lipinski definition) is 14. The number of phosphoric ester groups is 1. The molecule has 14 atom stereocenters. The van der Waals surface area contributed by atoms with Crippen LogP contribution in [0.4, 0.5) is 0 Å². The number of piperidine rings is 1. The zero-order chi connectivity index (χ0) is 50.5. The second-order valence-electron chi connectivity index (χ2n) is 19.6. The molecule has 0 aromatic carbocycles. The molecule has 4 rings (SSSR count). The first-order valence-corrected chi connectivity index (χ1v) is 25.8. The number of ketones is 3. The molecule has 17 nitrogen and oxygen atoms in total. The molecule has 18 heteroatoms. The summed E-state index contributed by atoms with van der Waals surface area (Å²) in [6, 6.07) is -1.20. The first-order chi connectivity index (χ1) is 32.0. The lowest BCUT2D eigenvalue weighted by atomic mass is 9.78. The number of methoxy groups -OCH3 is 3. The van der Waals surface area contributed by atoms with E-state index in [0.717, 1.165) is 10.5 Å². The Labute approximate surface area is 402 Å². The molecular weight excluding hydrogens is 902 g/mol. The molecule has 2 saturated heterocycles.